The van der Waals surface area contributed by atoms with Crippen molar-refractivity contribution >= 4 is 29.1 Å². The molecule has 7 heteroatoms. The molecule has 0 aromatic heterocycles. The van der Waals surface area contributed by atoms with Gasteiger partial charge in [-0.1, -0.05) is 12.1 Å². The Morgan fingerprint density at radius 3 is 2.33 bits per heavy atom. The van der Waals surface area contributed by atoms with Gasteiger partial charge in [-0.25, -0.2) is 0 Å². The van der Waals surface area contributed by atoms with E-state index in [1.807, 2.05) is 0 Å². The molecule has 0 bridgehead atoms. The van der Waals surface area contributed by atoms with Crippen molar-refractivity contribution in [3.63, 3.8) is 0 Å². The van der Waals surface area contributed by atoms with Crippen LogP contribution in [0, 0.1) is 0 Å². The van der Waals surface area contributed by atoms with Crippen LogP contribution in [0.25, 0.3) is 0 Å². The number of ether oxygens (including phenoxy) is 1. The van der Waals surface area contributed by atoms with Crippen LogP contribution in [-0.4, -0.2) is 24.8 Å². The largest absolute Gasteiger partial charge is 0.496 e. The number of methoxy groups -OCH3 is 1. The van der Waals surface area contributed by atoms with Gasteiger partial charge in [-0.2, -0.15) is 0 Å². The second-order valence-electron chi connectivity index (χ2n) is 4.96. The van der Waals surface area contributed by atoms with Crippen LogP contribution >= 0.6 is 0 Å². The molecule has 0 atom stereocenters. The lowest BCUT2D eigenvalue weighted by Gasteiger charge is -2.13. The lowest BCUT2D eigenvalue weighted by atomic mass is 10.1. The van der Waals surface area contributed by atoms with E-state index >= 15 is 0 Å². The van der Waals surface area contributed by atoms with E-state index in [9.17, 15) is 14.4 Å². The number of rotatable bonds is 5. The molecule has 2 aromatic carbocycles. The number of anilines is 2. The molecule has 0 aliphatic rings. The number of nitrogens with one attached hydrogen (secondary N) is 2. The third-order valence-electron chi connectivity index (χ3n) is 3.21. The molecule has 24 heavy (non-hydrogen) atoms. The van der Waals surface area contributed by atoms with E-state index in [4.69, 9.17) is 10.5 Å². The minimum atomic E-state index is -0.648. The highest BCUT2D eigenvalue weighted by Crippen LogP contribution is 2.24. The van der Waals surface area contributed by atoms with Crippen LogP contribution in [0.3, 0.4) is 0 Å². The van der Waals surface area contributed by atoms with Gasteiger partial charge in [-0.3, -0.25) is 14.4 Å². The van der Waals surface area contributed by atoms with Gasteiger partial charge in [-0.05, 0) is 30.3 Å². The Balaban J connectivity index is 2.35. The number of benzene rings is 2. The van der Waals surface area contributed by atoms with E-state index < -0.39 is 11.8 Å². The normalized spacial score (nSPS) is 9.92. The molecule has 3 amide bonds. The first-order chi connectivity index (χ1) is 11.4. The van der Waals surface area contributed by atoms with Crippen LogP contribution in [-0.2, 0) is 4.79 Å². The molecule has 0 aliphatic carbocycles. The Morgan fingerprint density at radius 2 is 1.71 bits per heavy atom. The number of hydrogen-bond donors (Lipinski definition) is 3. The molecule has 0 saturated carbocycles. The van der Waals surface area contributed by atoms with Crippen LogP contribution in [0.5, 0.6) is 5.75 Å². The Morgan fingerprint density at radius 1 is 1.00 bits per heavy atom. The average molecular weight is 327 g/mol. The van der Waals surface area contributed by atoms with Gasteiger partial charge in [0.05, 0.1) is 23.9 Å². The van der Waals surface area contributed by atoms with Crippen LogP contribution in [0.1, 0.15) is 27.6 Å². The molecule has 124 valence electrons. The summed E-state index contributed by atoms with van der Waals surface area (Å²) in [7, 11) is 1.43. The SMILES string of the molecule is COc1ccc(NC(C)=O)cc1C(=O)Nc1ccccc1C(N)=O. The van der Waals surface area contributed by atoms with Crippen molar-refractivity contribution in [1.29, 1.82) is 0 Å². The van der Waals surface area contributed by atoms with Crippen molar-refractivity contribution in [2.75, 3.05) is 17.7 Å². The van der Waals surface area contributed by atoms with E-state index in [0.29, 0.717) is 17.1 Å². The van der Waals surface area contributed by atoms with Crippen molar-refractivity contribution in [3.05, 3.63) is 53.6 Å². The van der Waals surface area contributed by atoms with Gasteiger partial charge >= 0.3 is 0 Å². The Labute approximate surface area is 138 Å². The third-order valence-corrected chi connectivity index (χ3v) is 3.21. The number of carbonyl (C=O) groups is 3. The quantitative estimate of drug-likeness (QED) is 0.780. The number of carbonyl (C=O) groups excluding carboxylic acids is 3. The Bertz CT molecular complexity index is 802. The molecule has 7 nitrogen and oxygen atoms in total. The molecule has 0 fully saturated rings. The second kappa shape index (κ2) is 7.28. The molecule has 4 N–H and O–H groups in total. The second-order valence-corrected chi connectivity index (χ2v) is 4.96. The fourth-order valence-corrected chi connectivity index (χ4v) is 2.16. The zero-order chi connectivity index (χ0) is 17.7. The maximum absolute atomic E-state index is 12.6. The fourth-order valence-electron chi connectivity index (χ4n) is 2.16. The molecular formula is C17H17N3O4. The summed E-state index contributed by atoms with van der Waals surface area (Å²) in [4.78, 5) is 35.2. The number of amides is 3. The van der Waals surface area contributed by atoms with Crippen LogP contribution in [0.4, 0.5) is 11.4 Å². The number of para-hydroxylation sites is 1. The van der Waals surface area contributed by atoms with Gasteiger partial charge in [0, 0.05) is 12.6 Å². The van der Waals surface area contributed by atoms with Crippen molar-refractivity contribution in [2.45, 2.75) is 6.92 Å². The smallest absolute Gasteiger partial charge is 0.259 e. The summed E-state index contributed by atoms with van der Waals surface area (Å²) >= 11 is 0. The zero-order valence-corrected chi connectivity index (χ0v) is 13.3. The lowest BCUT2D eigenvalue weighted by molar-refractivity contribution is -0.114. The van der Waals surface area contributed by atoms with Gasteiger partial charge in [0.25, 0.3) is 11.8 Å². The van der Waals surface area contributed by atoms with Crippen molar-refractivity contribution < 1.29 is 19.1 Å². The molecule has 2 rings (SSSR count). The maximum atomic E-state index is 12.6. The molecule has 0 unspecified atom stereocenters. The summed E-state index contributed by atoms with van der Waals surface area (Å²) in [6.07, 6.45) is 0. The minimum Gasteiger partial charge on any atom is -0.496 e. The molecular weight excluding hydrogens is 310 g/mol. The van der Waals surface area contributed by atoms with Gasteiger partial charge in [-0.15, -0.1) is 0 Å². The first-order valence-electron chi connectivity index (χ1n) is 7.08. The Kier molecular flexibility index (Phi) is 5.16. The molecule has 0 spiro atoms. The topological polar surface area (TPSA) is 111 Å². The first kappa shape index (κ1) is 17.0. The van der Waals surface area contributed by atoms with Crippen LogP contribution < -0.4 is 21.1 Å². The van der Waals surface area contributed by atoms with Crippen LogP contribution in [0.2, 0.25) is 0 Å². The molecule has 0 aliphatic heterocycles. The van der Waals surface area contributed by atoms with E-state index in [1.165, 1.54) is 26.2 Å². The summed E-state index contributed by atoms with van der Waals surface area (Å²) in [5.41, 5.74) is 6.46. The number of nitrogens with two attached hydrogens (primary N) is 1. The van der Waals surface area contributed by atoms with E-state index in [0.717, 1.165) is 0 Å². The molecule has 0 radical (unpaired) electrons. The summed E-state index contributed by atoms with van der Waals surface area (Å²) in [6, 6.07) is 11.1. The summed E-state index contributed by atoms with van der Waals surface area (Å²) in [5, 5.41) is 5.23. The van der Waals surface area contributed by atoms with Crippen LogP contribution in [0.15, 0.2) is 42.5 Å². The van der Waals surface area contributed by atoms with Crippen molar-refractivity contribution in [3.8, 4) is 5.75 Å². The highest BCUT2D eigenvalue weighted by atomic mass is 16.5. The fraction of sp³-hybridized carbons (Fsp3) is 0.118. The van der Waals surface area contributed by atoms with Gasteiger partial charge in [0.2, 0.25) is 5.91 Å². The van der Waals surface area contributed by atoms with Gasteiger partial charge in [0.15, 0.2) is 0 Å². The lowest BCUT2D eigenvalue weighted by Crippen LogP contribution is -2.19. The van der Waals surface area contributed by atoms with Crippen molar-refractivity contribution in [2.24, 2.45) is 5.73 Å². The number of primary amides is 1. The highest BCUT2D eigenvalue weighted by molar-refractivity contribution is 6.10. The third kappa shape index (κ3) is 3.89. The van der Waals surface area contributed by atoms with E-state index in [-0.39, 0.29) is 17.0 Å². The van der Waals surface area contributed by atoms with Gasteiger partial charge < -0.3 is 21.1 Å². The minimum absolute atomic E-state index is 0.197. The molecule has 0 heterocycles. The zero-order valence-electron chi connectivity index (χ0n) is 13.3. The highest BCUT2D eigenvalue weighted by Gasteiger charge is 2.16. The van der Waals surface area contributed by atoms with Crippen molar-refractivity contribution in [1.82, 2.24) is 0 Å². The van der Waals surface area contributed by atoms with E-state index in [2.05, 4.69) is 10.6 Å². The summed E-state index contributed by atoms with van der Waals surface area (Å²) in [5.74, 6) is -1.07. The predicted molar refractivity (Wildman–Crippen MR) is 90.2 cm³/mol. The predicted octanol–water partition coefficient (Wildman–Crippen LogP) is 2.00. The summed E-state index contributed by atoms with van der Waals surface area (Å²) < 4.78 is 5.18. The average Bonchev–Trinajstić information content (AvgIpc) is 2.54. The monoisotopic (exact) mass is 327 g/mol. The summed E-state index contributed by atoms with van der Waals surface area (Å²) in [6.45, 7) is 1.37. The molecule has 0 saturated heterocycles. The number of hydrogen-bond acceptors (Lipinski definition) is 4. The Hall–Kier alpha value is -3.35. The van der Waals surface area contributed by atoms with E-state index in [1.54, 1.807) is 30.3 Å². The first-order valence-corrected chi connectivity index (χ1v) is 7.08. The van der Waals surface area contributed by atoms with Gasteiger partial charge in [0.1, 0.15) is 5.75 Å². The standard InChI is InChI=1S/C17H17N3O4/c1-10(21)19-11-7-8-15(24-2)13(9-11)17(23)20-14-6-4-3-5-12(14)16(18)22/h3-9H,1-2H3,(H2,18,22)(H,19,21)(H,20,23). The maximum Gasteiger partial charge on any atom is 0.259 e. The molecule has 2 aromatic rings.